The Labute approximate surface area is 227 Å². The van der Waals surface area contributed by atoms with E-state index >= 15 is 0 Å². The topological polar surface area (TPSA) is 88.5 Å². The molecule has 4 atom stereocenters. The number of hydrogen-bond donors (Lipinski definition) is 1. The number of aliphatic hydroxyl groups is 1. The highest BCUT2D eigenvalue weighted by Crippen LogP contribution is 2.25. The predicted octanol–water partition coefficient (Wildman–Crippen LogP) is 6.27. The Morgan fingerprint density at radius 3 is 1.73 bits per heavy atom. The number of piperidine rings is 2. The van der Waals surface area contributed by atoms with Gasteiger partial charge in [-0.2, -0.15) is 0 Å². The van der Waals surface area contributed by atoms with Crippen LogP contribution in [0.25, 0.3) is 0 Å². The second-order valence-corrected chi connectivity index (χ2v) is 12.4. The lowest BCUT2D eigenvalue weighted by Gasteiger charge is -2.38. The first-order valence-corrected chi connectivity index (χ1v) is 13.5. The van der Waals surface area contributed by atoms with Crippen LogP contribution in [0.2, 0.25) is 5.02 Å². The molecule has 2 fully saturated rings. The highest BCUT2D eigenvalue weighted by molar-refractivity contribution is 6.30. The number of aliphatic hydroxyl groups excluding tert-OH is 1. The van der Waals surface area contributed by atoms with E-state index < -0.39 is 11.2 Å². The minimum Gasteiger partial charge on any atom is -0.490 e. The third-order valence-electron chi connectivity index (χ3n) is 6.05. The molecular weight excluding hydrogens is 496 g/mol. The van der Waals surface area contributed by atoms with Gasteiger partial charge in [0, 0.05) is 43.0 Å². The molecular formula is C28H45ClN2O6. The standard InChI is InChI=1S/C17H24ClNO3.C11H21NO3/c1-12-11-15(21-14-7-5-13(18)6-8-14)9-10-19(12)16(20)22-17(2,3)4;1-8-7-9(13)5-6-12(8)10(14)15-11(2,3)4/h5-8,12,15H,9-11H2,1-4H3;8-9,13H,5-7H2,1-4H3. The van der Waals surface area contributed by atoms with Crippen molar-refractivity contribution in [3.05, 3.63) is 29.3 Å². The van der Waals surface area contributed by atoms with Gasteiger partial charge in [-0.3, -0.25) is 0 Å². The molecule has 0 saturated carbocycles. The van der Waals surface area contributed by atoms with Crippen molar-refractivity contribution in [1.82, 2.24) is 9.80 Å². The van der Waals surface area contributed by atoms with Crippen LogP contribution in [0.1, 0.15) is 81.1 Å². The molecule has 2 aliphatic rings. The largest absolute Gasteiger partial charge is 0.490 e. The minimum atomic E-state index is -0.465. The SMILES string of the molecule is CC1CC(O)CCN1C(=O)OC(C)(C)C.CC1CC(Oc2ccc(Cl)cc2)CCN1C(=O)OC(C)(C)C. The van der Waals surface area contributed by atoms with Gasteiger partial charge in [-0.05, 0) is 92.5 Å². The van der Waals surface area contributed by atoms with E-state index in [9.17, 15) is 14.7 Å². The van der Waals surface area contributed by atoms with Gasteiger partial charge in [0.05, 0.1) is 6.10 Å². The van der Waals surface area contributed by atoms with E-state index in [1.165, 1.54) is 0 Å². The van der Waals surface area contributed by atoms with Crippen molar-refractivity contribution < 1.29 is 28.9 Å². The smallest absolute Gasteiger partial charge is 0.410 e. The Hall–Kier alpha value is -2.19. The van der Waals surface area contributed by atoms with Crippen molar-refractivity contribution in [3.8, 4) is 5.75 Å². The molecule has 0 aromatic heterocycles. The predicted molar refractivity (Wildman–Crippen MR) is 145 cm³/mol. The van der Waals surface area contributed by atoms with E-state index in [1.54, 1.807) is 9.80 Å². The van der Waals surface area contributed by atoms with Crippen molar-refractivity contribution in [3.63, 3.8) is 0 Å². The lowest BCUT2D eigenvalue weighted by atomic mass is 10.0. The second kappa shape index (κ2) is 13.1. The number of carbonyl (C=O) groups excluding carboxylic acids is 2. The highest BCUT2D eigenvalue weighted by atomic mass is 35.5. The van der Waals surface area contributed by atoms with Gasteiger partial charge in [0.1, 0.15) is 23.1 Å². The summed E-state index contributed by atoms with van der Waals surface area (Å²) in [5, 5.41) is 10.1. The highest BCUT2D eigenvalue weighted by Gasteiger charge is 2.33. The number of amides is 2. The Bertz CT molecular complexity index is 880. The summed E-state index contributed by atoms with van der Waals surface area (Å²) < 4.78 is 16.7. The van der Waals surface area contributed by atoms with Crippen LogP contribution in [0.15, 0.2) is 24.3 Å². The zero-order valence-electron chi connectivity index (χ0n) is 23.6. The number of rotatable bonds is 2. The molecule has 3 rings (SSSR count). The molecule has 1 N–H and O–H groups in total. The van der Waals surface area contributed by atoms with Crippen LogP contribution in [0.4, 0.5) is 9.59 Å². The first-order chi connectivity index (χ1) is 17.0. The van der Waals surface area contributed by atoms with Crippen LogP contribution < -0.4 is 4.74 Å². The number of hydrogen-bond acceptors (Lipinski definition) is 6. The van der Waals surface area contributed by atoms with Crippen molar-refractivity contribution in [1.29, 1.82) is 0 Å². The molecule has 9 heteroatoms. The maximum Gasteiger partial charge on any atom is 0.410 e. The molecule has 0 spiro atoms. The molecule has 210 valence electrons. The van der Waals surface area contributed by atoms with Gasteiger partial charge in [-0.15, -0.1) is 0 Å². The van der Waals surface area contributed by atoms with E-state index in [4.69, 9.17) is 25.8 Å². The number of benzene rings is 1. The monoisotopic (exact) mass is 540 g/mol. The van der Waals surface area contributed by atoms with Crippen molar-refractivity contribution in [2.24, 2.45) is 0 Å². The number of halogens is 1. The molecule has 2 amide bonds. The fourth-order valence-electron chi connectivity index (χ4n) is 4.27. The number of ether oxygens (including phenoxy) is 3. The average molecular weight is 541 g/mol. The summed E-state index contributed by atoms with van der Waals surface area (Å²) in [4.78, 5) is 27.4. The van der Waals surface area contributed by atoms with Crippen LogP contribution in [-0.2, 0) is 9.47 Å². The fraction of sp³-hybridized carbons (Fsp3) is 0.714. The first kappa shape index (κ1) is 31.0. The zero-order valence-corrected chi connectivity index (χ0v) is 24.4. The summed E-state index contributed by atoms with van der Waals surface area (Å²) in [5.41, 5.74) is -0.916. The summed E-state index contributed by atoms with van der Waals surface area (Å²) in [6.07, 6.45) is 2.18. The molecule has 0 bridgehead atoms. The number of carbonyl (C=O) groups is 2. The maximum atomic E-state index is 12.2. The molecule has 4 unspecified atom stereocenters. The van der Waals surface area contributed by atoms with Crippen molar-refractivity contribution in [2.75, 3.05) is 13.1 Å². The molecule has 8 nitrogen and oxygen atoms in total. The van der Waals surface area contributed by atoms with Gasteiger partial charge in [-0.25, -0.2) is 9.59 Å². The molecule has 1 aromatic rings. The van der Waals surface area contributed by atoms with Crippen molar-refractivity contribution in [2.45, 2.75) is 117 Å². The molecule has 1 aromatic carbocycles. The van der Waals surface area contributed by atoms with Gasteiger partial charge in [0.15, 0.2) is 0 Å². The van der Waals surface area contributed by atoms with E-state index in [2.05, 4.69) is 0 Å². The first-order valence-electron chi connectivity index (χ1n) is 13.1. The third-order valence-corrected chi connectivity index (χ3v) is 6.30. The molecule has 0 aliphatic carbocycles. The normalized spacial score (nSPS) is 24.5. The van der Waals surface area contributed by atoms with Gasteiger partial charge in [0.25, 0.3) is 0 Å². The number of likely N-dealkylation sites (tertiary alicyclic amines) is 2. The van der Waals surface area contributed by atoms with Gasteiger partial charge >= 0.3 is 12.2 Å². The third kappa shape index (κ3) is 11.0. The van der Waals surface area contributed by atoms with Crippen molar-refractivity contribution >= 4 is 23.8 Å². The quantitative estimate of drug-likeness (QED) is 0.475. The lowest BCUT2D eigenvalue weighted by Crippen LogP contribution is -2.49. The minimum absolute atomic E-state index is 0.0589. The molecule has 2 saturated heterocycles. The van der Waals surface area contributed by atoms with E-state index in [-0.39, 0.29) is 36.5 Å². The Balaban J connectivity index is 0.000000281. The summed E-state index contributed by atoms with van der Waals surface area (Å²) >= 11 is 5.87. The van der Waals surface area contributed by atoms with Crippen LogP contribution in [-0.4, -0.2) is 75.7 Å². The average Bonchev–Trinajstić information content (AvgIpc) is 2.73. The second-order valence-electron chi connectivity index (χ2n) is 11.9. The van der Waals surface area contributed by atoms with Gasteiger partial charge < -0.3 is 29.1 Å². The zero-order chi connectivity index (χ0) is 28.0. The van der Waals surface area contributed by atoms with E-state index in [0.29, 0.717) is 31.0 Å². The van der Waals surface area contributed by atoms with E-state index in [1.807, 2.05) is 79.7 Å². The van der Waals surface area contributed by atoms with Crippen LogP contribution >= 0.6 is 11.6 Å². The number of nitrogens with zero attached hydrogens (tertiary/aromatic N) is 2. The fourth-order valence-corrected chi connectivity index (χ4v) is 4.40. The molecule has 2 aliphatic heterocycles. The summed E-state index contributed by atoms with van der Waals surface area (Å²) in [6.45, 7) is 16.4. The van der Waals surface area contributed by atoms with Gasteiger partial charge in [-0.1, -0.05) is 11.6 Å². The Morgan fingerprint density at radius 1 is 0.838 bits per heavy atom. The van der Waals surface area contributed by atoms with Crippen LogP contribution in [0.3, 0.4) is 0 Å². The Morgan fingerprint density at radius 2 is 1.30 bits per heavy atom. The van der Waals surface area contributed by atoms with E-state index in [0.717, 1.165) is 18.6 Å². The van der Waals surface area contributed by atoms with Gasteiger partial charge in [0.2, 0.25) is 0 Å². The molecule has 2 heterocycles. The summed E-state index contributed by atoms with van der Waals surface area (Å²) in [6, 6.07) is 7.52. The van der Waals surface area contributed by atoms with Crippen LogP contribution in [0.5, 0.6) is 5.75 Å². The molecule has 37 heavy (non-hydrogen) atoms. The summed E-state index contributed by atoms with van der Waals surface area (Å²) in [5.74, 6) is 0.812. The molecule has 0 radical (unpaired) electrons. The van der Waals surface area contributed by atoms with Crippen LogP contribution in [0, 0.1) is 0 Å². The lowest BCUT2D eigenvalue weighted by molar-refractivity contribution is -0.00497. The maximum absolute atomic E-state index is 12.2. The summed E-state index contributed by atoms with van der Waals surface area (Å²) in [7, 11) is 0. The Kier molecular flexibility index (Phi) is 10.9.